The van der Waals surface area contributed by atoms with Gasteiger partial charge in [0.25, 0.3) is 0 Å². The molecule has 10 heteroatoms. The smallest absolute Gasteiger partial charge is 0.245 e. The maximum absolute atomic E-state index is 14.5. The number of nitrogens with zero attached hydrogens (tertiary/aromatic N) is 7. The van der Waals surface area contributed by atoms with Crippen LogP contribution in [0.5, 0.6) is 5.75 Å². The zero-order valence-electron chi connectivity index (χ0n) is 18.7. The Bertz CT molecular complexity index is 1300. The fourth-order valence-electron chi connectivity index (χ4n) is 4.12. The number of fused-ring (bicyclic) bond motifs is 1. The molecule has 1 fully saturated rings. The first-order valence-electron chi connectivity index (χ1n) is 10.9. The highest BCUT2D eigenvalue weighted by atomic mass is 19.1. The summed E-state index contributed by atoms with van der Waals surface area (Å²) < 4.78 is 16.0. The fourth-order valence-corrected chi connectivity index (χ4v) is 4.12. The summed E-state index contributed by atoms with van der Waals surface area (Å²) in [6.45, 7) is 6.85. The second kappa shape index (κ2) is 8.36. The molecule has 0 amide bonds. The Morgan fingerprint density at radius 2 is 1.97 bits per heavy atom. The van der Waals surface area contributed by atoms with Crippen LogP contribution in [0.2, 0.25) is 0 Å². The highest BCUT2D eigenvalue weighted by Crippen LogP contribution is 2.32. The van der Waals surface area contributed by atoms with Gasteiger partial charge in [-0.3, -0.25) is 4.68 Å². The summed E-state index contributed by atoms with van der Waals surface area (Å²) in [5.74, 6) is 0.560. The Morgan fingerprint density at radius 3 is 2.70 bits per heavy atom. The Kier molecular flexibility index (Phi) is 5.37. The van der Waals surface area contributed by atoms with Crippen molar-refractivity contribution in [3.8, 4) is 28.3 Å². The third kappa shape index (κ3) is 4.09. The standard InChI is InChI=1S/C23H25FN8O/c1-13(2)19-12-32(5-4-25-19)23-27-10-18(28-29-23)22-20(33)8-15(9-26-22)14-6-16-11-31(3)30-21(16)17(24)7-14/h6-11,13,19,25,33H,4-5,12H2,1-3H3/t19-/m1/s1. The van der Waals surface area contributed by atoms with E-state index in [2.05, 4.69) is 49.3 Å². The van der Waals surface area contributed by atoms with Gasteiger partial charge in [0.15, 0.2) is 5.82 Å². The van der Waals surface area contributed by atoms with Crippen LogP contribution in [0.25, 0.3) is 33.4 Å². The van der Waals surface area contributed by atoms with Crippen molar-refractivity contribution < 1.29 is 9.50 Å². The van der Waals surface area contributed by atoms with E-state index in [0.717, 1.165) is 19.6 Å². The van der Waals surface area contributed by atoms with Gasteiger partial charge in [0.05, 0.1) is 6.20 Å². The van der Waals surface area contributed by atoms with E-state index >= 15 is 0 Å². The van der Waals surface area contributed by atoms with Crippen molar-refractivity contribution in [3.05, 3.63) is 42.6 Å². The number of hydrogen-bond acceptors (Lipinski definition) is 8. The molecule has 0 saturated carbocycles. The molecule has 0 aliphatic carbocycles. The number of aromatic hydroxyl groups is 1. The second-order valence-electron chi connectivity index (χ2n) is 8.68. The van der Waals surface area contributed by atoms with Crippen LogP contribution in [0.1, 0.15) is 13.8 Å². The van der Waals surface area contributed by atoms with Crippen LogP contribution < -0.4 is 10.2 Å². The lowest BCUT2D eigenvalue weighted by molar-refractivity contribution is 0.365. The number of hydrogen-bond donors (Lipinski definition) is 2. The van der Waals surface area contributed by atoms with Crippen LogP contribution in [0, 0.1) is 11.7 Å². The first-order chi connectivity index (χ1) is 15.9. The Labute approximate surface area is 190 Å². The lowest BCUT2D eigenvalue weighted by Gasteiger charge is -2.35. The van der Waals surface area contributed by atoms with Gasteiger partial charge in [-0.25, -0.2) is 14.4 Å². The van der Waals surface area contributed by atoms with E-state index in [1.807, 2.05) is 6.07 Å². The highest BCUT2D eigenvalue weighted by molar-refractivity contribution is 5.85. The first kappa shape index (κ1) is 21.2. The van der Waals surface area contributed by atoms with E-state index in [1.165, 1.54) is 6.07 Å². The number of nitrogens with one attached hydrogen (secondary N) is 1. The molecule has 0 radical (unpaired) electrons. The molecule has 2 N–H and O–H groups in total. The summed E-state index contributed by atoms with van der Waals surface area (Å²) in [6, 6.07) is 5.11. The molecule has 3 aromatic heterocycles. The molecule has 170 valence electrons. The van der Waals surface area contributed by atoms with E-state index < -0.39 is 5.82 Å². The fraction of sp³-hybridized carbons (Fsp3) is 0.348. The van der Waals surface area contributed by atoms with E-state index in [4.69, 9.17) is 0 Å². The van der Waals surface area contributed by atoms with Gasteiger partial charge in [-0.2, -0.15) is 5.10 Å². The molecular formula is C23H25FN8O. The van der Waals surface area contributed by atoms with Crippen molar-refractivity contribution in [2.24, 2.45) is 13.0 Å². The van der Waals surface area contributed by atoms with Crippen LogP contribution in [0.3, 0.4) is 0 Å². The number of aryl methyl sites for hydroxylation is 1. The van der Waals surface area contributed by atoms with Crippen LogP contribution in [0.15, 0.2) is 36.8 Å². The van der Waals surface area contributed by atoms with E-state index in [1.54, 1.807) is 36.4 Å². The predicted octanol–water partition coefficient (Wildman–Crippen LogP) is 2.77. The average Bonchev–Trinajstić information content (AvgIpc) is 3.20. The lowest BCUT2D eigenvalue weighted by Crippen LogP contribution is -2.53. The third-order valence-corrected chi connectivity index (χ3v) is 5.96. The molecule has 4 heterocycles. The Balaban J connectivity index is 1.40. The number of anilines is 1. The van der Waals surface area contributed by atoms with Gasteiger partial charge in [0.1, 0.15) is 22.7 Å². The number of benzene rings is 1. The molecule has 9 nitrogen and oxygen atoms in total. The lowest BCUT2D eigenvalue weighted by atomic mass is 10.0. The monoisotopic (exact) mass is 448 g/mol. The minimum atomic E-state index is -0.426. The van der Waals surface area contributed by atoms with Gasteiger partial charge in [0, 0.05) is 56.1 Å². The molecule has 0 unspecified atom stereocenters. The van der Waals surface area contributed by atoms with Crippen LogP contribution in [0.4, 0.5) is 10.3 Å². The molecular weight excluding hydrogens is 423 g/mol. The second-order valence-corrected chi connectivity index (χ2v) is 8.68. The van der Waals surface area contributed by atoms with Gasteiger partial charge in [-0.05, 0) is 29.7 Å². The normalized spacial score (nSPS) is 16.6. The topological polar surface area (TPSA) is 105 Å². The largest absolute Gasteiger partial charge is 0.506 e. The Morgan fingerprint density at radius 1 is 1.12 bits per heavy atom. The van der Waals surface area contributed by atoms with Crippen molar-refractivity contribution in [2.45, 2.75) is 19.9 Å². The van der Waals surface area contributed by atoms with Gasteiger partial charge >= 0.3 is 0 Å². The minimum absolute atomic E-state index is 0.0786. The number of rotatable bonds is 4. The van der Waals surface area contributed by atoms with Gasteiger partial charge in [-0.15, -0.1) is 10.2 Å². The third-order valence-electron chi connectivity index (χ3n) is 5.96. The highest BCUT2D eigenvalue weighted by Gasteiger charge is 2.24. The average molecular weight is 449 g/mol. The molecule has 1 aromatic carbocycles. The van der Waals surface area contributed by atoms with Crippen LogP contribution in [-0.2, 0) is 7.05 Å². The van der Waals surface area contributed by atoms with E-state index in [0.29, 0.717) is 45.6 Å². The molecule has 0 bridgehead atoms. The van der Waals surface area contributed by atoms with Crippen molar-refractivity contribution in [1.82, 2.24) is 35.3 Å². The maximum Gasteiger partial charge on any atom is 0.245 e. The number of pyridine rings is 1. The number of halogens is 1. The quantitative estimate of drug-likeness (QED) is 0.491. The van der Waals surface area contributed by atoms with Crippen molar-refractivity contribution in [2.75, 3.05) is 24.5 Å². The van der Waals surface area contributed by atoms with Crippen molar-refractivity contribution in [3.63, 3.8) is 0 Å². The van der Waals surface area contributed by atoms with Crippen LogP contribution in [-0.4, -0.2) is 60.7 Å². The van der Waals surface area contributed by atoms with Gasteiger partial charge in [-0.1, -0.05) is 13.8 Å². The molecule has 1 aliphatic heterocycles. The maximum atomic E-state index is 14.5. The summed E-state index contributed by atoms with van der Waals surface area (Å²) in [4.78, 5) is 10.9. The summed E-state index contributed by atoms with van der Waals surface area (Å²) in [7, 11) is 1.74. The van der Waals surface area contributed by atoms with Gasteiger partial charge in [0.2, 0.25) is 5.95 Å². The summed E-state index contributed by atoms with van der Waals surface area (Å²) in [6.07, 6.45) is 4.89. The summed E-state index contributed by atoms with van der Waals surface area (Å²) in [5.41, 5.74) is 2.13. The summed E-state index contributed by atoms with van der Waals surface area (Å²) >= 11 is 0. The molecule has 4 aromatic rings. The zero-order valence-corrected chi connectivity index (χ0v) is 18.7. The summed E-state index contributed by atoms with van der Waals surface area (Å²) in [5, 5.41) is 27.4. The van der Waals surface area contributed by atoms with E-state index in [9.17, 15) is 9.50 Å². The minimum Gasteiger partial charge on any atom is -0.506 e. The van der Waals surface area contributed by atoms with Crippen molar-refractivity contribution >= 4 is 16.9 Å². The number of piperazine rings is 1. The van der Waals surface area contributed by atoms with Crippen molar-refractivity contribution in [1.29, 1.82) is 0 Å². The first-order valence-corrected chi connectivity index (χ1v) is 10.9. The molecule has 0 spiro atoms. The molecule has 33 heavy (non-hydrogen) atoms. The predicted molar refractivity (Wildman–Crippen MR) is 123 cm³/mol. The van der Waals surface area contributed by atoms with E-state index in [-0.39, 0.29) is 11.4 Å². The molecule has 5 rings (SSSR count). The molecule has 1 saturated heterocycles. The Hall–Kier alpha value is -3.66. The molecule has 1 atom stereocenters. The number of aromatic nitrogens is 6. The molecule has 1 aliphatic rings. The zero-order chi connectivity index (χ0) is 23.1. The van der Waals surface area contributed by atoms with Crippen LogP contribution >= 0.6 is 0 Å². The van der Waals surface area contributed by atoms with Gasteiger partial charge < -0.3 is 15.3 Å². The SMILES string of the molecule is CC(C)[C@H]1CN(c2ncc(-c3ncc(-c4cc(F)c5nn(C)cc5c4)cc3O)nn2)CCN1.